The van der Waals surface area contributed by atoms with Gasteiger partial charge in [-0.25, -0.2) is 4.39 Å². The van der Waals surface area contributed by atoms with Crippen molar-refractivity contribution in [2.75, 3.05) is 6.61 Å². The third kappa shape index (κ3) is 2.92. The lowest BCUT2D eigenvalue weighted by molar-refractivity contribution is 0.0919. The Morgan fingerprint density at radius 2 is 2.27 bits per heavy atom. The molecular formula is C10H12FNO3. The molecule has 0 unspecified atom stereocenters. The lowest BCUT2D eigenvalue weighted by Gasteiger charge is -2.11. The molecule has 4 nitrogen and oxygen atoms in total. The van der Waals surface area contributed by atoms with E-state index in [0.29, 0.717) is 0 Å². The Morgan fingerprint density at radius 3 is 2.80 bits per heavy atom. The monoisotopic (exact) mass is 213 g/mol. The Hall–Kier alpha value is -1.62. The number of halogens is 1. The molecule has 0 aliphatic rings. The van der Waals surface area contributed by atoms with Crippen LogP contribution in [0.2, 0.25) is 0 Å². The summed E-state index contributed by atoms with van der Waals surface area (Å²) in [6.45, 7) is 1.41. The average Bonchev–Trinajstić information content (AvgIpc) is 2.17. The maximum absolute atomic E-state index is 12.6. The highest BCUT2D eigenvalue weighted by molar-refractivity contribution is 5.96. The molecule has 0 bridgehead atoms. The summed E-state index contributed by atoms with van der Waals surface area (Å²) >= 11 is 0. The Bertz CT molecular complexity index is 368. The number of aliphatic hydroxyl groups is 1. The van der Waals surface area contributed by atoms with Gasteiger partial charge in [0.2, 0.25) is 0 Å². The molecule has 1 aromatic carbocycles. The van der Waals surface area contributed by atoms with Gasteiger partial charge in [0.15, 0.2) is 0 Å². The van der Waals surface area contributed by atoms with E-state index in [1.165, 1.54) is 6.07 Å². The summed E-state index contributed by atoms with van der Waals surface area (Å²) in [7, 11) is 0. The first-order chi connectivity index (χ1) is 7.04. The molecule has 1 aromatic rings. The summed E-state index contributed by atoms with van der Waals surface area (Å²) in [6.07, 6.45) is 0. The maximum Gasteiger partial charge on any atom is 0.255 e. The van der Waals surface area contributed by atoms with Crippen molar-refractivity contribution in [1.82, 2.24) is 5.32 Å². The molecule has 5 heteroatoms. The van der Waals surface area contributed by atoms with Crippen molar-refractivity contribution in [2.24, 2.45) is 0 Å². The molecule has 1 atom stereocenters. The zero-order valence-corrected chi connectivity index (χ0v) is 8.20. The van der Waals surface area contributed by atoms with Crippen LogP contribution in [0.25, 0.3) is 0 Å². The van der Waals surface area contributed by atoms with Crippen LogP contribution in [0.1, 0.15) is 17.3 Å². The molecule has 0 aliphatic carbocycles. The Balaban J connectivity index is 2.82. The molecule has 0 aromatic heterocycles. The summed E-state index contributed by atoms with van der Waals surface area (Å²) in [5.41, 5.74) is -0.0169. The van der Waals surface area contributed by atoms with E-state index in [4.69, 9.17) is 5.11 Å². The quantitative estimate of drug-likeness (QED) is 0.690. The number of phenols is 1. The zero-order chi connectivity index (χ0) is 11.4. The molecule has 15 heavy (non-hydrogen) atoms. The van der Waals surface area contributed by atoms with Gasteiger partial charge in [-0.3, -0.25) is 4.79 Å². The van der Waals surface area contributed by atoms with Crippen molar-refractivity contribution >= 4 is 5.91 Å². The number of hydrogen-bond donors (Lipinski definition) is 3. The zero-order valence-electron chi connectivity index (χ0n) is 8.20. The predicted molar refractivity (Wildman–Crippen MR) is 52.1 cm³/mol. The molecule has 1 rings (SSSR count). The van der Waals surface area contributed by atoms with Gasteiger partial charge in [0, 0.05) is 12.1 Å². The van der Waals surface area contributed by atoms with Gasteiger partial charge in [0.25, 0.3) is 5.91 Å². The first kappa shape index (κ1) is 11.5. The van der Waals surface area contributed by atoms with Crippen molar-refractivity contribution in [1.29, 1.82) is 0 Å². The molecule has 0 heterocycles. The second-order valence-corrected chi connectivity index (χ2v) is 3.22. The highest BCUT2D eigenvalue weighted by atomic mass is 19.1. The highest BCUT2D eigenvalue weighted by Crippen LogP contribution is 2.17. The number of amides is 1. The number of phenolic OH excluding ortho intramolecular Hbond substituents is 1. The second-order valence-electron chi connectivity index (χ2n) is 3.22. The van der Waals surface area contributed by atoms with Crippen molar-refractivity contribution in [3.05, 3.63) is 29.6 Å². The maximum atomic E-state index is 12.6. The van der Waals surface area contributed by atoms with Crippen LogP contribution in [0.5, 0.6) is 5.75 Å². The first-order valence-electron chi connectivity index (χ1n) is 4.45. The van der Waals surface area contributed by atoms with Crippen LogP contribution in [-0.4, -0.2) is 28.8 Å². The Morgan fingerprint density at radius 1 is 1.60 bits per heavy atom. The number of benzene rings is 1. The van der Waals surface area contributed by atoms with E-state index in [1.54, 1.807) is 6.92 Å². The normalized spacial score (nSPS) is 12.2. The van der Waals surface area contributed by atoms with Crippen LogP contribution < -0.4 is 5.32 Å². The fraction of sp³-hybridized carbons (Fsp3) is 0.300. The number of rotatable bonds is 3. The lowest BCUT2D eigenvalue weighted by Crippen LogP contribution is -2.35. The number of hydrogen-bond acceptors (Lipinski definition) is 3. The summed E-state index contributed by atoms with van der Waals surface area (Å²) in [5, 5.41) is 20.4. The van der Waals surface area contributed by atoms with Crippen molar-refractivity contribution < 1.29 is 19.4 Å². The lowest BCUT2D eigenvalue weighted by atomic mass is 10.1. The number of carbonyl (C=O) groups excluding carboxylic acids is 1. The minimum atomic E-state index is -0.612. The number of aliphatic hydroxyl groups excluding tert-OH is 1. The van der Waals surface area contributed by atoms with E-state index >= 15 is 0 Å². The van der Waals surface area contributed by atoms with Gasteiger partial charge < -0.3 is 15.5 Å². The van der Waals surface area contributed by atoms with E-state index in [9.17, 15) is 14.3 Å². The minimum absolute atomic E-state index is 0.0169. The molecule has 0 saturated heterocycles. The number of nitrogens with one attached hydrogen (secondary N) is 1. The molecular weight excluding hydrogens is 201 g/mol. The summed E-state index contributed by atoms with van der Waals surface area (Å²) in [5.74, 6) is -1.58. The van der Waals surface area contributed by atoms with Crippen LogP contribution in [-0.2, 0) is 0 Å². The third-order valence-corrected chi connectivity index (χ3v) is 1.86. The van der Waals surface area contributed by atoms with Gasteiger partial charge >= 0.3 is 0 Å². The average molecular weight is 213 g/mol. The highest BCUT2D eigenvalue weighted by Gasteiger charge is 2.13. The van der Waals surface area contributed by atoms with Gasteiger partial charge in [-0.1, -0.05) is 0 Å². The van der Waals surface area contributed by atoms with Gasteiger partial charge in [-0.15, -0.1) is 0 Å². The van der Waals surface area contributed by atoms with Crippen molar-refractivity contribution in [3.63, 3.8) is 0 Å². The SMILES string of the molecule is C[C@@H](CO)NC(=O)c1ccc(F)cc1O. The van der Waals surface area contributed by atoms with Gasteiger partial charge in [0.05, 0.1) is 12.2 Å². The van der Waals surface area contributed by atoms with E-state index in [2.05, 4.69) is 5.32 Å². The van der Waals surface area contributed by atoms with Gasteiger partial charge in [-0.2, -0.15) is 0 Å². The van der Waals surface area contributed by atoms with Crippen LogP contribution in [0.15, 0.2) is 18.2 Å². The summed E-state index contributed by atoms with van der Waals surface area (Å²) in [4.78, 5) is 11.4. The van der Waals surface area contributed by atoms with Gasteiger partial charge in [-0.05, 0) is 19.1 Å². The molecule has 0 saturated carbocycles. The van der Waals surface area contributed by atoms with Crippen LogP contribution in [0.3, 0.4) is 0 Å². The van der Waals surface area contributed by atoms with Crippen molar-refractivity contribution in [2.45, 2.75) is 13.0 Å². The molecule has 1 amide bonds. The van der Waals surface area contributed by atoms with Crippen LogP contribution >= 0.6 is 0 Å². The van der Waals surface area contributed by atoms with Crippen LogP contribution in [0, 0.1) is 5.82 Å². The molecule has 0 fully saturated rings. The third-order valence-electron chi connectivity index (χ3n) is 1.86. The molecule has 0 radical (unpaired) electrons. The van der Waals surface area contributed by atoms with Gasteiger partial charge in [0.1, 0.15) is 11.6 Å². The summed E-state index contributed by atoms with van der Waals surface area (Å²) < 4.78 is 12.6. The molecule has 0 spiro atoms. The fourth-order valence-corrected chi connectivity index (χ4v) is 1.04. The Labute approximate surface area is 86.4 Å². The van der Waals surface area contributed by atoms with E-state index in [0.717, 1.165) is 12.1 Å². The smallest absolute Gasteiger partial charge is 0.255 e. The Kier molecular flexibility index (Phi) is 3.62. The minimum Gasteiger partial charge on any atom is -0.507 e. The van der Waals surface area contributed by atoms with Crippen LogP contribution in [0.4, 0.5) is 4.39 Å². The standard InChI is InChI=1S/C10H12FNO3/c1-6(5-13)12-10(15)8-3-2-7(11)4-9(8)14/h2-4,6,13-14H,5H2,1H3,(H,12,15)/t6-/m0/s1. The van der Waals surface area contributed by atoms with E-state index in [1.807, 2.05) is 0 Å². The number of carbonyl (C=O) groups is 1. The first-order valence-corrected chi connectivity index (χ1v) is 4.45. The molecule has 3 N–H and O–H groups in total. The van der Waals surface area contributed by atoms with E-state index in [-0.39, 0.29) is 12.2 Å². The predicted octanol–water partition coefficient (Wildman–Crippen LogP) is 0.642. The number of aromatic hydroxyl groups is 1. The largest absolute Gasteiger partial charge is 0.507 e. The fourth-order valence-electron chi connectivity index (χ4n) is 1.04. The topological polar surface area (TPSA) is 69.6 Å². The van der Waals surface area contributed by atoms with E-state index < -0.39 is 23.5 Å². The second kappa shape index (κ2) is 4.75. The molecule has 82 valence electrons. The summed E-state index contributed by atoms with van der Waals surface area (Å²) in [6, 6.07) is 2.71. The molecule has 0 aliphatic heterocycles. The van der Waals surface area contributed by atoms with Crippen molar-refractivity contribution in [3.8, 4) is 5.75 Å².